The first-order valence-corrected chi connectivity index (χ1v) is 7.16. The van der Waals surface area contributed by atoms with Crippen LogP contribution in [-0.4, -0.2) is 21.1 Å². The first kappa shape index (κ1) is 16.3. The fourth-order valence-electron chi connectivity index (χ4n) is 0.479. The predicted molar refractivity (Wildman–Crippen MR) is 35.9 cm³/mol. The topological polar surface area (TPSA) is 0 Å². The van der Waals surface area contributed by atoms with Crippen molar-refractivity contribution in [2.24, 2.45) is 0 Å². The van der Waals surface area contributed by atoms with Gasteiger partial charge in [-0.2, -0.15) is 0 Å². The van der Waals surface area contributed by atoms with E-state index in [4.69, 9.17) is 0 Å². The van der Waals surface area contributed by atoms with E-state index in [0.29, 0.717) is 0 Å². The van der Waals surface area contributed by atoms with Crippen LogP contribution in [0.25, 0.3) is 0 Å². The van der Waals surface area contributed by atoms with E-state index in [9.17, 15) is 0 Å². The monoisotopic (exact) mass is 244 g/mol. The van der Waals surface area contributed by atoms with Crippen molar-refractivity contribution in [2.45, 2.75) is 35.6 Å². The Hall–Kier alpha value is 0.659. The van der Waals surface area contributed by atoms with E-state index in [2.05, 4.69) is 13.8 Å². The largest absolute Gasteiger partial charge is 1.00 e. The molecule has 0 N–H and O–H groups in total. The number of rotatable bonds is 4. The Morgan fingerprint density at radius 1 is 0.889 bits per heavy atom. The van der Waals surface area contributed by atoms with Gasteiger partial charge in [-0.3, -0.25) is 0 Å². The third-order valence-corrected chi connectivity index (χ3v) is 5.73. The minimum Gasteiger partial charge on any atom is -1.00 e. The fraction of sp³-hybridized carbons (Fsp3) is 1.00. The standard InChI is InChI=1S/2C3H7.2FH.Sn/c2*1-3-2;;;/h2*1,3H2,2H3;2*1H;/q;;;;+2/p-2. The van der Waals surface area contributed by atoms with Gasteiger partial charge >= 0.3 is 56.7 Å². The van der Waals surface area contributed by atoms with Crippen LogP contribution in [0.1, 0.15) is 26.7 Å². The smallest absolute Gasteiger partial charge is 1.00 e. The molecule has 0 saturated heterocycles. The molecule has 0 bridgehead atoms. The molecule has 0 aromatic heterocycles. The molecule has 9 heavy (non-hydrogen) atoms. The van der Waals surface area contributed by atoms with Crippen LogP contribution in [0.5, 0.6) is 0 Å². The molecule has 56 valence electrons. The van der Waals surface area contributed by atoms with E-state index in [1.165, 1.54) is 12.8 Å². The summed E-state index contributed by atoms with van der Waals surface area (Å²) in [5.74, 6) is 0. The minimum atomic E-state index is 0. The third kappa shape index (κ3) is 17.7. The maximum absolute atomic E-state index is 2.29. The average Bonchev–Trinajstić information content (AvgIpc) is 1.69. The van der Waals surface area contributed by atoms with Crippen molar-refractivity contribution in [3.8, 4) is 0 Å². The van der Waals surface area contributed by atoms with Gasteiger partial charge in [0, 0.05) is 0 Å². The van der Waals surface area contributed by atoms with Crippen LogP contribution in [-0.2, 0) is 0 Å². The van der Waals surface area contributed by atoms with Crippen LogP contribution in [0.3, 0.4) is 0 Å². The number of halogens is 2. The van der Waals surface area contributed by atoms with E-state index in [1.54, 1.807) is 8.87 Å². The van der Waals surface area contributed by atoms with Crippen molar-refractivity contribution in [3.05, 3.63) is 0 Å². The summed E-state index contributed by atoms with van der Waals surface area (Å²) in [5, 5.41) is 0. The molecule has 0 aliphatic carbocycles. The summed E-state index contributed by atoms with van der Waals surface area (Å²) in [7, 11) is 0. The Morgan fingerprint density at radius 2 is 1.22 bits per heavy atom. The molecule has 0 aromatic rings. The van der Waals surface area contributed by atoms with Gasteiger partial charge in [-0.05, 0) is 0 Å². The zero-order chi connectivity index (χ0) is 5.54. The van der Waals surface area contributed by atoms with Gasteiger partial charge < -0.3 is 9.41 Å². The normalized spacial score (nSPS) is 6.44. The van der Waals surface area contributed by atoms with Gasteiger partial charge in [0.2, 0.25) is 0 Å². The van der Waals surface area contributed by atoms with E-state index in [0.717, 1.165) is 0 Å². The van der Waals surface area contributed by atoms with Gasteiger partial charge in [-0.15, -0.1) is 0 Å². The Labute approximate surface area is 66.4 Å². The van der Waals surface area contributed by atoms with Crippen LogP contribution in [0.15, 0.2) is 0 Å². The summed E-state index contributed by atoms with van der Waals surface area (Å²) >= 11 is 0.181. The summed E-state index contributed by atoms with van der Waals surface area (Å²) in [6, 6.07) is 0. The maximum atomic E-state index is 2.29. The van der Waals surface area contributed by atoms with Gasteiger partial charge in [0.1, 0.15) is 0 Å². The van der Waals surface area contributed by atoms with Crippen LogP contribution in [0, 0.1) is 0 Å². The fourth-order valence-corrected chi connectivity index (χ4v) is 3.21. The van der Waals surface area contributed by atoms with Crippen molar-refractivity contribution in [1.29, 1.82) is 0 Å². The van der Waals surface area contributed by atoms with Crippen molar-refractivity contribution in [1.82, 2.24) is 0 Å². The molecule has 0 rings (SSSR count). The summed E-state index contributed by atoms with van der Waals surface area (Å²) < 4.78 is 3.19. The molecular formula is C6H14F2Sn. The molecule has 0 amide bonds. The second-order valence-electron chi connectivity index (χ2n) is 1.75. The Kier molecular flexibility index (Phi) is 28.8. The van der Waals surface area contributed by atoms with Crippen molar-refractivity contribution >= 4 is 21.1 Å². The zero-order valence-electron chi connectivity index (χ0n) is 6.08. The first-order valence-electron chi connectivity index (χ1n) is 3.12. The third-order valence-electron chi connectivity index (χ3n) is 0.854. The summed E-state index contributed by atoms with van der Waals surface area (Å²) in [5.41, 5.74) is 0. The quantitative estimate of drug-likeness (QED) is 0.353. The summed E-state index contributed by atoms with van der Waals surface area (Å²) in [4.78, 5) is 0. The van der Waals surface area contributed by atoms with Crippen LogP contribution in [0.2, 0.25) is 8.87 Å². The molecule has 0 aliphatic heterocycles. The number of hydrogen-bond donors (Lipinski definition) is 0. The zero-order valence-corrected chi connectivity index (χ0v) is 8.94. The molecule has 0 saturated carbocycles. The van der Waals surface area contributed by atoms with Crippen LogP contribution < -0.4 is 9.41 Å². The first-order chi connectivity index (χ1) is 3.41. The van der Waals surface area contributed by atoms with E-state index < -0.39 is 0 Å². The van der Waals surface area contributed by atoms with E-state index in [1.807, 2.05) is 0 Å². The van der Waals surface area contributed by atoms with Gasteiger partial charge in [0.25, 0.3) is 0 Å². The van der Waals surface area contributed by atoms with Crippen LogP contribution in [0.4, 0.5) is 0 Å². The molecule has 0 aromatic carbocycles. The van der Waals surface area contributed by atoms with Gasteiger partial charge in [-0.25, -0.2) is 0 Å². The second kappa shape index (κ2) is 15.9. The van der Waals surface area contributed by atoms with Gasteiger partial charge in [0.05, 0.1) is 0 Å². The van der Waals surface area contributed by atoms with Gasteiger partial charge in [-0.1, -0.05) is 0 Å². The second-order valence-corrected chi connectivity index (χ2v) is 6.03. The van der Waals surface area contributed by atoms with E-state index in [-0.39, 0.29) is 30.6 Å². The molecule has 0 aliphatic rings. The molecule has 0 nitrogen and oxygen atoms in total. The maximum Gasteiger partial charge on any atom is -1.00 e. The molecule has 3 heteroatoms. The molecule has 0 heterocycles. The van der Waals surface area contributed by atoms with Crippen molar-refractivity contribution in [2.75, 3.05) is 0 Å². The molecule has 0 radical (unpaired) electrons. The Balaban J connectivity index is -0.000000180. The molecule has 0 atom stereocenters. The Bertz CT molecular complexity index is 30.2. The van der Waals surface area contributed by atoms with E-state index >= 15 is 0 Å². The minimum absolute atomic E-state index is 0. The Morgan fingerprint density at radius 3 is 1.44 bits per heavy atom. The average molecular weight is 243 g/mol. The predicted octanol–water partition coefficient (Wildman–Crippen LogP) is -3.64. The van der Waals surface area contributed by atoms with Gasteiger partial charge in [0.15, 0.2) is 0 Å². The summed E-state index contributed by atoms with van der Waals surface area (Å²) in [6.07, 6.45) is 2.87. The number of hydrogen-bond acceptors (Lipinski definition) is 0. The summed E-state index contributed by atoms with van der Waals surface area (Å²) in [6.45, 7) is 4.58. The molecule has 0 unspecified atom stereocenters. The molecular weight excluding hydrogens is 229 g/mol. The molecule has 0 fully saturated rings. The van der Waals surface area contributed by atoms with Crippen LogP contribution >= 0.6 is 0 Å². The van der Waals surface area contributed by atoms with Crippen molar-refractivity contribution < 1.29 is 9.41 Å². The van der Waals surface area contributed by atoms with Crippen molar-refractivity contribution in [3.63, 3.8) is 0 Å². The molecule has 0 spiro atoms. The SMILES string of the molecule is CC[CH2][Sn+2][CH2]CC.[F-].[F-].